The van der Waals surface area contributed by atoms with Crippen molar-refractivity contribution in [2.75, 3.05) is 5.73 Å². The number of nitrogen functional groups attached to an aromatic ring is 1. The summed E-state index contributed by atoms with van der Waals surface area (Å²) in [5.41, 5.74) is 4.97. The monoisotopic (exact) mass is 396 g/mol. The van der Waals surface area contributed by atoms with Gasteiger partial charge in [0.25, 0.3) is 5.69 Å². The van der Waals surface area contributed by atoms with E-state index in [-0.39, 0.29) is 17.2 Å². The van der Waals surface area contributed by atoms with Gasteiger partial charge in [-0.2, -0.15) is 0 Å². The third-order valence-corrected chi connectivity index (χ3v) is 4.74. The first-order valence-corrected chi connectivity index (χ1v) is 8.90. The highest BCUT2D eigenvalue weighted by molar-refractivity contribution is 7.89. The zero-order valence-electron chi connectivity index (χ0n) is 14.2. The van der Waals surface area contributed by atoms with Crippen molar-refractivity contribution in [3.05, 3.63) is 34.4 Å². The van der Waals surface area contributed by atoms with Crippen LogP contribution in [-0.4, -0.2) is 34.6 Å². The van der Waals surface area contributed by atoms with Crippen LogP contribution in [0.3, 0.4) is 0 Å². The molecule has 2 aromatic rings. The number of sulfonamides is 1. The molecule has 13 heteroatoms. The fraction of sp³-hybridized carbons (Fsp3) is 0.214. The van der Waals surface area contributed by atoms with E-state index in [1.54, 1.807) is 13.8 Å². The number of benzene rings is 1. The summed E-state index contributed by atoms with van der Waals surface area (Å²) in [7, 11) is -4.10. The molecule has 0 aliphatic heterocycles. The Balaban J connectivity index is 2.51. The number of aromatic hydroxyl groups is 2. The molecule has 1 aromatic carbocycles. The van der Waals surface area contributed by atoms with Crippen LogP contribution in [0.25, 0.3) is 0 Å². The number of hydrogen-bond donors (Lipinski definition) is 4. The van der Waals surface area contributed by atoms with Crippen LogP contribution in [0.1, 0.15) is 13.8 Å². The Labute approximate surface area is 153 Å². The van der Waals surface area contributed by atoms with Gasteiger partial charge in [-0.1, -0.05) is 0 Å². The van der Waals surface area contributed by atoms with Crippen LogP contribution in [-0.2, 0) is 10.0 Å². The van der Waals surface area contributed by atoms with Gasteiger partial charge in [-0.05, 0) is 19.9 Å². The molecule has 0 unspecified atom stereocenters. The number of aromatic nitrogens is 1. The van der Waals surface area contributed by atoms with Crippen molar-refractivity contribution in [2.45, 2.75) is 24.8 Å². The zero-order chi connectivity index (χ0) is 20.4. The zero-order valence-corrected chi connectivity index (χ0v) is 15.0. The predicted octanol–water partition coefficient (Wildman–Crippen LogP) is 2.09. The molecular weight excluding hydrogens is 380 g/mol. The van der Waals surface area contributed by atoms with Gasteiger partial charge in [0.1, 0.15) is 16.3 Å². The summed E-state index contributed by atoms with van der Waals surface area (Å²) >= 11 is 0. The molecule has 0 saturated carbocycles. The number of anilines is 1. The van der Waals surface area contributed by atoms with Gasteiger partial charge in [-0.25, -0.2) is 18.1 Å². The molecule has 0 saturated heterocycles. The van der Waals surface area contributed by atoms with E-state index in [1.165, 1.54) is 0 Å². The molecule has 2 rings (SSSR count). The maximum absolute atomic E-state index is 12.4. The number of nitrogens with two attached hydrogens (primary N) is 1. The van der Waals surface area contributed by atoms with Crippen LogP contribution in [0, 0.1) is 10.1 Å². The fourth-order valence-electron chi connectivity index (χ4n) is 1.94. The molecule has 0 aliphatic carbocycles. The SMILES string of the molecule is CC(C)NS(=O)(=O)c1cc(O)c(N)nc1N=Nc1ccc([N+](=O)[O-])cc1O. The quantitative estimate of drug-likeness (QED) is 0.323. The molecular formula is C14H16N6O6S. The van der Waals surface area contributed by atoms with E-state index >= 15 is 0 Å². The molecule has 0 radical (unpaired) electrons. The molecule has 5 N–H and O–H groups in total. The molecule has 0 spiro atoms. The van der Waals surface area contributed by atoms with Crippen molar-refractivity contribution >= 4 is 33.0 Å². The van der Waals surface area contributed by atoms with Gasteiger partial charge < -0.3 is 15.9 Å². The summed E-state index contributed by atoms with van der Waals surface area (Å²) in [6, 6.07) is 3.51. The number of nitro benzene ring substituents is 1. The van der Waals surface area contributed by atoms with Crippen molar-refractivity contribution in [1.29, 1.82) is 0 Å². The van der Waals surface area contributed by atoms with Gasteiger partial charge in [-0.15, -0.1) is 10.2 Å². The van der Waals surface area contributed by atoms with Gasteiger partial charge in [0.05, 0.1) is 11.0 Å². The van der Waals surface area contributed by atoms with Crippen LogP contribution in [0.4, 0.5) is 23.0 Å². The number of phenols is 1. The number of non-ortho nitro benzene ring substituents is 1. The topological polar surface area (TPSA) is 193 Å². The minimum absolute atomic E-state index is 0.158. The summed E-state index contributed by atoms with van der Waals surface area (Å²) in [5, 5.41) is 37.5. The molecule has 0 bridgehead atoms. The number of pyridine rings is 1. The number of phenolic OH excluding ortho intramolecular Hbond substituents is 1. The van der Waals surface area contributed by atoms with E-state index in [2.05, 4.69) is 19.9 Å². The summed E-state index contributed by atoms with van der Waals surface area (Å²) in [4.78, 5) is 13.2. The molecule has 1 heterocycles. The number of nitro groups is 1. The Morgan fingerprint density at radius 3 is 2.44 bits per heavy atom. The number of rotatable bonds is 6. The minimum Gasteiger partial charge on any atom is -0.505 e. The Morgan fingerprint density at radius 1 is 1.22 bits per heavy atom. The normalized spacial score (nSPS) is 12.0. The largest absolute Gasteiger partial charge is 0.505 e. The Morgan fingerprint density at radius 2 is 1.89 bits per heavy atom. The van der Waals surface area contributed by atoms with Gasteiger partial charge in [-0.3, -0.25) is 10.1 Å². The third kappa shape index (κ3) is 4.65. The molecule has 27 heavy (non-hydrogen) atoms. The van der Waals surface area contributed by atoms with E-state index in [0.717, 1.165) is 24.3 Å². The predicted molar refractivity (Wildman–Crippen MR) is 94.7 cm³/mol. The molecule has 144 valence electrons. The second kappa shape index (κ2) is 7.51. The molecule has 0 fully saturated rings. The van der Waals surface area contributed by atoms with E-state index in [9.17, 15) is 28.7 Å². The fourth-order valence-corrected chi connectivity index (χ4v) is 3.28. The van der Waals surface area contributed by atoms with Crippen LogP contribution < -0.4 is 10.5 Å². The van der Waals surface area contributed by atoms with Gasteiger partial charge in [0.15, 0.2) is 17.4 Å². The molecule has 12 nitrogen and oxygen atoms in total. The second-order valence-corrected chi connectivity index (χ2v) is 7.30. The number of hydrogen-bond acceptors (Lipinski definition) is 10. The lowest BCUT2D eigenvalue weighted by molar-refractivity contribution is -0.384. The summed E-state index contributed by atoms with van der Waals surface area (Å²) in [6.07, 6.45) is 0. The lowest BCUT2D eigenvalue weighted by atomic mass is 10.2. The Kier molecular flexibility index (Phi) is 5.56. The van der Waals surface area contributed by atoms with Crippen LogP contribution >= 0.6 is 0 Å². The average molecular weight is 396 g/mol. The van der Waals surface area contributed by atoms with Crippen molar-refractivity contribution in [3.63, 3.8) is 0 Å². The number of nitrogens with one attached hydrogen (secondary N) is 1. The first-order chi connectivity index (χ1) is 12.5. The highest BCUT2D eigenvalue weighted by Crippen LogP contribution is 2.34. The maximum Gasteiger partial charge on any atom is 0.273 e. The number of azo groups is 1. The summed E-state index contributed by atoms with van der Waals surface area (Å²) in [5.74, 6) is -1.91. The summed E-state index contributed by atoms with van der Waals surface area (Å²) in [6.45, 7) is 3.19. The second-order valence-electron chi connectivity index (χ2n) is 5.62. The Bertz CT molecular complexity index is 1020. The van der Waals surface area contributed by atoms with Crippen LogP contribution in [0.15, 0.2) is 39.4 Å². The lowest BCUT2D eigenvalue weighted by Gasteiger charge is -2.11. The Hall–Kier alpha value is -3.32. The molecule has 0 amide bonds. The van der Waals surface area contributed by atoms with E-state index in [0.29, 0.717) is 0 Å². The standard InChI is InChI=1S/C14H16N6O6S/c1-7(2)19-27(25,26)12-6-11(22)13(15)16-14(12)18-17-9-4-3-8(20(23)24)5-10(9)21/h3-7,19,21-22H,1-2H3,(H2,15,16). The van der Waals surface area contributed by atoms with Crippen LogP contribution in [0.5, 0.6) is 11.5 Å². The van der Waals surface area contributed by atoms with Crippen molar-refractivity contribution in [1.82, 2.24) is 9.71 Å². The van der Waals surface area contributed by atoms with Gasteiger partial charge in [0.2, 0.25) is 10.0 Å². The van der Waals surface area contributed by atoms with Crippen molar-refractivity contribution in [3.8, 4) is 11.5 Å². The van der Waals surface area contributed by atoms with E-state index in [1.807, 2.05) is 0 Å². The first-order valence-electron chi connectivity index (χ1n) is 7.42. The smallest absolute Gasteiger partial charge is 0.273 e. The highest BCUT2D eigenvalue weighted by Gasteiger charge is 2.23. The highest BCUT2D eigenvalue weighted by atomic mass is 32.2. The first kappa shape index (κ1) is 20.0. The average Bonchev–Trinajstić information content (AvgIpc) is 2.54. The minimum atomic E-state index is -4.10. The van der Waals surface area contributed by atoms with Gasteiger partial charge >= 0.3 is 0 Å². The molecule has 0 aliphatic rings. The summed E-state index contributed by atoms with van der Waals surface area (Å²) < 4.78 is 27.1. The van der Waals surface area contributed by atoms with Crippen molar-refractivity contribution in [2.24, 2.45) is 10.2 Å². The van der Waals surface area contributed by atoms with E-state index in [4.69, 9.17) is 5.73 Å². The third-order valence-electron chi connectivity index (χ3n) is 3.08. The van der Waals surface area contributed by atoms with E-state index < -0.39 is 43.2 Å². The van der Waals surface area contributed by atoms with Crippen molar-refractivity contribution < 1.29 is 23.6 Å². The number of nitrogens with zero attached hydrogens (tertiary/aromatic N) is 4. The molecule has 0 atom stereocenters. The van der Waals surface area contributed by atoms with Crippen LogP contribution in [0.2, 0.25) is 0 Å². The van der Waals surface area contributed by atoms with Gasteiger partial charge in [0, 0.05) is 18.2 Å². The lowest BCUT2D eigenvalue weighted by Crippen LogP contribution is -2.30. The maximum atomic E-state index is 12.4. The molecule has 1 aromatic heterocycles.